The fourth-order valence-corrected chi connectivity index (χ4v) is 2.45. The summed E-state index contributed by atoms with van der Waals surface area (Å²) in [5, 5.41) is 0. The highest BCUT2D eigenvalue weighted by Crippen LogP contribution is 2.26. The van der Waals surface area contributed by atoms with E-state index >= 15 is 0 Å². The van der Waals surface area contributed by atoms with Crippen LogP contribution in [0, 0.1) is 0 Å². The van der Waals surface area contributed by atoms with E-state index in [1.165, 1.54) is 7.11 Å². The smallest absolute Gasteiger partial charge is 0.339 e. The third-order valence-corrected chi connectivity index (χ3v) is 3.80. The Morgan fingerprint density at radius 3 is 2.86 bits per heavy atom. The maximum Gasteiger partial charge on any atom is 0.339 e. The average molecular weight is 346 g/mol. The molecule has 0 amide bonds. The monoisotopic (exact) mass is 345 g/mol. The lowest BCUT2D eigenvalue weighted by molar-refractivity contribution is 0.0599. The van der Waals surface area contributed by atoms with E-state index in [9.17, 15) is 4.79 Å². The lowest BCUT2D eigenvalue weighted by Gasteiger charge is -2.05. The Morgan fingerprint density at radius 2 is 2.14 bits per heavy atom. The molecule has 0 saturated carbocycles. The van der Waals surface area contributed by atoms with Gasteiger partial charge in [-0.25, -0.2) is 9.78 Å². The maximum absolute atomic E-state index is 11.7. The number of halogens is 1. The van der Waals surface area contributed by atoms with Gasteiger partial charge in [-0.3, -0.25) is 0 Å². The number of esters is 1. The van der Waals surface area contributed by atoms with E-state index in [4.69, 9.17) is 4.74 Å². The van der Waals surface area contributed by atoms with Gasteiger partial charge in [0.2, 0.25) is 0 Å². The molecule has 5 nitrogen and oxygen atoms in total. The van der Waals surface area contributed by atoms with E-state index in [1.54, 1.807) is 12.3 Å². The summed E-state index contributed by atoms with van der Waals surface area (Å²) in [7, 11) is 1.36. The molecule has 0 unspecified atom stereocenters. The van der Waals surface area contributed by atoms with Crippen molar-refractivity contribution in [2.45, 2.75) is 0 Å². The topological polar surface area (TPSA) is 70.8 Å². The second kappa shape index (κ2) is 5.57. The number of hydrogen-bond donors (Lipinski definition) is 2. The predicted octanol–water partition coefficient (Wildman–Crippen LogP) is 3.62. The molecular weight excluding hydrogens is 334 g/mol. The summed E-state index contributed by atoms with van der Waals surface area (Å²) in [5.74, 6) is 0.366. The molecule has 21 heavy (non-hydrogen) atoms. The Balaban J connectivity index is 1.99. The molecule has 3 aromatic rings. The molecule has 2 heterocycles. The number of nitrogens with zero attached hydrogens (tertiary/aromatic N) is 1. The van der Waals surface area contributed by atoms with E-state index in [-0.39, 0.29) is 5.97 Å². The van der Waals surface area contributed by atoms with Crippen molar-refractivity contribution in [1.29, 1.82) is 0 Å². The Kier molecular flexibility index (Phi) is 3.62. The van der Waals surface area contributed by atoms with Crippen LogP contribution in [0.15, 0.2) is 47.2 Å². The highest BCUT2D eigenvalue weighted by atomic mass is 79.9. The van der Waals surface area contributed by atoms with Gasteiger partial charge in [-0.15, -0.1) is 0 Å². The van der Waals surface area contributed by atoms with Crippen LogP contribution < -0.4 is 0 Å². The zero-order chi connectivity index (χ0) is 14.8. The number of carbonyl (C=O) groups excluding carboxylic acids is 1. The van der Waals surface area contributed by atoms with Gasteiger partial charge in [-0.1, -0.05) is 6.07 Å². The largest absolute Gasteiger partial charge is 0.465 e. The van der Waals surface area contributed by atoms with Crippen molar-refractivity contribution in [3.63, 3.8) is 0 Å². The summed E-state index contributed by atoms with van der Waals surface area (Å²) in [5.41, 5.74) is 3.08. The van der Waals surface area contributed by atoms with Gasteiger partial charge in [-0.2, -0.15) is 0 Å². The molecule has 3 rings (SSSR count). The normalized spacial score (nSPS) is 10.6. The molecule has 0 radical (unpaired) electrons. The van der Waals surface area contributed by atoms with Crippen molar-refractivity contribution in [2.24, 2.45) is 0 Å². The molecule has 0 bridgehead atoms. The minimum Gasteiger partial charge on any atom is -0.465 e. The fourth-order valence-electron chi connectivity index (χ4n) is 2.04. The van der Waals surface area contributed by atoms with Crippen molar-refractivity contribution < 1.29 is 9.53 Å². The Bertz CT molecular complexity index is 778. The Hall–Kier alpha value is -2.34. The molecule has 0 atom stereocenters. The van der Waals surface area contributed by atoms with Crippen molar-refractivity contribution in [3.8, 4) is 22.8 Å². The highest BCUT2D eigenvalue weighted by molar-refractivity contribution is 9.10. The summed E-state index contributed by atoms with van der Waals surface area (Å²) >= 11 is 3.35. The molecule has 0 fully saturated rings. The van der Waals surface area contributed by atoms with Crippen LogP contribution in [-0.2, 0) is 4.74 Å². The van der Waals surface area contributed by atoms with Gasteiger partial charge in [0.05, 0.1) is 30.3 Å². The summed E-state index contributed by atoms with van der Waals surface area (Å²) < 4.78 is 5.47. The van der Waals surface area contributed by atoms with Gasteiger partial charge in [0.25, 0.3) is 0 Å². The first-order valence-corrected chi connectivity index (χ1v) is 7.05. The lowest BCUT2D eigenvalue weighted by atomic mass is 10.1. The number of hydrogen-bond acceptors (Lipinski definition) is 3. The van der Waals surface area contributed by atoms with Crippen LogP contribution in [0.3, 0.4) is 0 Å². The van der Waals surface area contributed by atoms with E-state index in [2.05, 4.69) is 30.9 Å². The van der Waals surface area contributed by atoms with E-state index < -0.39 is 0 Å². The van der Waals surface area contributed by atoms with Crippen molar-refractivity contribution in [1.82, 2.24) is 15.0 Å². The number of benzene rings is 1. The summed E-state index contributed by atoms with van der Waals surface area (Å²) in [6, 6.07) is 9.33. The number of nitrogens with one attached hydrogen (secondary N) is 2. The molecule has 0 spiro atoms. The second-order valence-corrected chi connectivity index (χ2v) is 5.27. The molecule has 0 aliphatic rings. The van der Waals surface area contributed by atoms with Crippen LogP contribution in [0.4, 0.5) is 0 Å². The number of H-pyrrole nitrogens is 2. The molecule has 6 heteroatoms. The van der Waals surface area contributed by atoms with Gasteiger partial charge in [0, 0.05) is 16.2 Å². The highest BCUT2D eigenvalue weighted by Gasteiger charge is 2.13. The third kappa shape index (κ3) is 2.62. The first-order valence-electron chi connectivity index (χ1n) is 6.26. The van der Waals surface area contributed by atoms with Gasteiger partial charge in [0.1, 0.15) is 0 Å². The van der Waals surface area contributed by atoms with E-state index in [0.29, 0.717) is 10.0 Å². The molecule has 1 aromatic carbocycles. The maximum atomic E-state index is 11.7. The fraction of sp³-hybridized carbons (Fsp3) is 0.0667. The molecule has 2 aromatic heterocycles. The molecule has 0 aliphatic heterocycles. The third-order valence-electron chi connectivity index (χ3n) is 3.11. The van der Waals surface area contributed by atoms with Gasteiger partial charge < -0.3 is 14.7 Å². The SMILES string of the molecule is COC(=O)c1cc(-c2cnc(-c3ccc[nH]3)[nH]2)ccc1Br. The molecule has 0 aliphatic carbocycles. The van der Waals surface area contributed by atoms with E-state index in [1.807, 2.05) is 30.5 Å². The Morgan fingerprint density at radius 1 is 1.29 bits per heavy atom. The first kappa shape index (κ1) is 13.6. The number of aromatic nitrogens is 3. The van der Waals surface area contributed by atoms with Crippen LogP contribution in [0.5, 0.6) is 0 Å². The number of ether oxygens (including phenoxy) is 1. The average Bonchev–Trinajstić information content (AvgIpc) is 3.17. The van der Waals surface area contributed by atoms with Crippen LogP contribution in [-0.4, -0.2) is 28.0 Å². The number of imidazole rings is 1. The predicted molar refractivity (Wildman–Crippen MR) is 82.8 cm³/mol. The summed E-state index contributed by atoms with van der Waals surface area (Å²) in [6.07, 6.45) is 3.58. The Labute approximate surface area is 129 Å². The second-order valence-electron chi connectivity index (χ2n) is 4.42. The van der Waals surface area contributed by atoms with E-state index in [0.717, 1.165) is 22.8 Å². The van der Waals surface area contributed by atoms with Crippen LogP contribution in [0.2, 0.25) is 0 Å². The van der Waals surface area contributed by atoms with Crippen molar-refractivity contribution in [2.75, 3.05) is 7.11 Å². The molecule has 2 N–H and O–H groups in total. The molecule has 0 saturated heterocycles. The standard InChI is InChI=1S/C15H12BrN3O2/c1-21-15(20)10-7-9(4-5-11(10)16)13-8-18-14(19-13)12-3-2-6-17-12/h2-8,17H,1H3,(H,18,19). The molecular formula is C15H12BrN3O2. The summed E-state index contributed by atoms with van der Waals surface area (Å²) in [6.45, 7) is 0. The minimum absolute atomic E-state index is 0.382. The lowest BCUT2D eigenvalue weighted by Crippen LogP contribution is -2.02. The minimum atomic E-state index is -0.382. The van der Waals surface area contributed by atoms with Crippen molar-refractivity contribution >= 4 is 21.9 Å². The van der Waals surface area contributed by atoms with Gasteiger partial charge in [0.15, 0.2) is 5.82 Å². The zero-order valence-electron chi connectivity index (χ0n) is 11.2. The van der Waals surface area contributed by atoms with Gasteiger partial charge >= 0.3 is 5.97 Å². The summed E-state index contributed by atoms with van der Waals surface area (Å²) in [4.78, 5) is 22.4. The number of methoxy groups -OCH3 is 1. The van der Waals surface area contributed by atoms with Gasteiger partial charge in [-0.05, 0) is 40.2 Å². The number of carbonyl (C=O) groups is 1. The van der Waals surface area contributed by atoms with Crippen LogP contribution in [0.25, 0.3) is 22.8 Å². The van der Waals surface area contributed by atoms with Crippen molar-refractivity contribution in [3.05, 3.63) is 52.8 Å². The molecule has 106 valence electrons. The quantitative estimate of drug-likeness (QED) is 0.712. The first-order chi connectivity index (χ1) is 10.2. The van der Waals surface area contributed by atoms with Crippen LogP contribution >= 0.6 is 15.9 Å². The number of rotatable bonds is 3. The van der Waals surface area contributed by atoms with Crippen LogP contribution in [0.1, 0.15) is 10.4 Å². The number of aromatic amines is 2. The zero-order valence-corrected chi connectivity index (χ0v) is 12.8.